The quantitative estimate of drug-likeness (QED) is 0.166. The molecule has 3 nitrogen and oxygen atoms in total. The first-order valence-electron chi connectivity index (χ1n) is 19.9. The second-order valence-corrected chi connectivity index (χ2v) is 16.4. The van der Waals surface area contributed by atoms with Crippen molar-refractivity contribution < 1.29 is 4.74 Å². The Morgan fingerprint density at radius 2 is 1.37 bits per heavy atom. The van der Waals surface area contributed by atoms with E-state index < -0.39 is 5.60 Å². The van der Waals surface area contributed by atoms with Crippen LogP contribution in [-0.4, -0.2) is 13.1 Å². The van der Waals surface area contributed by atoms with Crippen molar-refractivity contribution in [2.24, 2.45) is 0 Å². The number of piperidine rings is 1. The Hall–Kier alpha value is -5.59. The van der Waals surface area contributed by atoms with Crippen molar-refractivity contribution >= 4 is 28.2 Å². The zero-order valence-electron chi connectivity index (χ0n) is 31.8. The molecule has 6 aromatic rings. The molecule has 0 amide bonds. The van der Waals surface area contributed by atoms with Gasteiger partial charge in [-0.25, -0.2) is 4.85 Å². The Morgan fingerprint density at radius 1 is 0.685 bits per heavy atom. The van der Waals surface area contributed by atoms with Gasteiger partial charge in [-0.2, -0.15) is 0 Å². The lowest BCUT2D eigenvalue weighted by Gasteiger charge is -2.40. The van der Waals surface area contributed by atoms with E-state index in [9.17, 15) is 0 Å². The summed E-state index contributed by atoms with van der Waals surface area (Å²) in [6.45, 7) is 19.4. The Kier molecular flexibility index (Phi) is 7.31. The van der Waals surface area contributed by atoms with E-state index in [0.29, 0.717) is 5.69 Å². The van der Waals surface area contributed by atoms with Crippen LogP contribution < -0.4 is 9.64 Å². The molecule has 0 bridgehead atoms. The van der Waals surface area contributed by atoms with Crippen LogP contribution in [0.5, 0.6) is 5.75 Å². The van der Waals surface area contributed by atoms with E-state index in [1.165, 1.54) is 80.4 Å². The maximum absolute atomic E-state index is 7.87. The van der Waals surface area contributed by atoms with Gasteiger partial charge in [0.05, 0.1) is 6.57 Å². The van der Waals surface area contributed by atoms with Crippen LogP contribution in [0.3, 0.4) is 0 Å². The zero-order chi connectivity index (χ0) is 36.8. The minimum absolute atomic E-state index is 0.136. The molecule has 3 heteroatoms. The molecule has 1 atom stereocenters. The number of hydrogen-bond donors (Lipinski definition) is 0. The van der Waals surface area contributed by atoms with E-state index in [0.717, 1.165) is 48.2 Å². The van der Waals surface area contributed by atoms with Crippen molar-refractivity contribution in [2.45, 2.75) is 76.2 Å². The Balaban J connectivity index is 1.22. The van der Waals surface area contributed by atoms with Gasteiger partial charge in [0.1, 0.15) is 5.75 Å². The molecule has 2 heterocycles. The molecule has 4 aliphatic rings. The summed E-state index contributed by atoms with van der Waals surface area (Å²) in [7, 11) is 0. The molecule has 54 heavy (non-hydrogen) atoms. The molecule has 2 aliphatic heterocycles. The first-order chi connectivity index (χ1) is 26.3. The zero-order valence-corrected chi connectivity index (χ0v) is 31.8. The molecule has 0 saturated carbocycles. The van der Waals surface area contributed by atoms with Crippen LogP contribution in [0, 0.1) is 6.57 Å². The Morgan fingerprint density at radius 3 is 2.13 bits per heavy atom. The second-order valence-electron chi connectivity index (χ2n) is 16.4. The van der Waals surface area contributed by atoms with Gasteiger partial charge in [0.15, 0.2) is 11.3 Å². The van der Waals surface area contributed by atoms with Crippen LogP contribution in [0.2, 0.25) is 0 Å². The molecule has 266 valence electrons. The molecule has 1 saturated heterocycles. The van der Waals surface area contributed by atoms with Gasteiger partial charge in [0, 0.05) is 51.7 Å². The van der Waals surface area contributed by atoms with Crippen LogP contribution in [-0.2, 0) is 16.4 Å². The van der Waals surface area contributed by atoms with Crippen molar-refractivity contribution in [1.29, 1.82) is 0 Å². The number of ether oxygens (including phenoxy) is 1. The Bertz CT molecular complexity index is 2570. The topological polar surface area (TPSA) is 16.8 Å². The van der Waals surface area contributed by atoms with Gasteiger partial charge in [-0.05, 0) is 106 Å². The van der Waals surface area contributed by atoms with Crippen LogP contribution in [0.1, 0.15) is 98.7 Å². The van der Waals surface area contributed by atoms with E-state index in [1.807, 2.05) is 6.07 Å². The van der Waals surface area contributed by atoms with Crippen molar-refractivity contribution in [3.63, 3.8) is 0 Å². The number of benzene rings is 6. The minimum Gasteiger partial charge on any atom is -0.472 e. The highest BCUT2D eigenvalue weighted by molar-refractivity contribution is 6.08. The average molecular weight is 703 g/mol. The van der Waals surface area contributed by atoms with E-state index in [2.05, 4.69) is 153 Å². The third-order valence-corrected chi connectivity index (χ3v) is 13.6. The SMILES string of the molecule is [C-]#[N+]c1ccc2c(c1)C(CC)(CC)c1c3c(c4ccccc4c1-2)OC(c1ccc(N2CCCCC2)cc1)(c1ccc2c(c1)C(C)(C)c1ccccc1-2)C=C3. The fraction of sp³-hybridized carbons (Fsp3) is 0.275. The standard InChI is InChI=1S/C51H46N2O/c1-6-50(7-2)45-32-35(52-5)22-26-41(45)46-39-16-9-10-17-40(39)48-42(47(46)50)27-28-51(54-48,33-19-23-36(24-20-33)53-29-13-8-14-30-53)34-21-25-38-37-15-11-12-18-43(37)49(3,4)44(38)31-34/h9-12,15-28,31-32H,6-8,13-14,29-30H2,1-4H3. The van der Waals surface area contributed by atoms with Crippen LogP contribution in [0.25, 0.3) is 43.9 Å². The number of fused-ring (bicyclic) bond motifs is 11. The normalized spacial score (nSPS) is 19.6. The van der Waals surface area contributed by atoms with Gasteiger partial charge in [0.25, 0.3) is 0 Å². The summed E-state index contributed by atoms with van der Waals surface area (Å²) in [6.07, 6.45) is 10.4. The molecule has 2 aliphatic carbocycles. The van der Waals surface area contributed by atoms with Crippen LogP contribution >= 0.6 is 0 Å². The third-order valence-electron chi connectivity index (χ3n) is 13.6. The summed E-state index contributed by atoms with van der Waals surface area (Å²) in [5.74, 6) is 0.944. The summed E-state index contributed by atoms with van der Waals surface area (Å²) >= 11 is 0. The molecule has 0 radical (unpaired) electrons. The molecule has 10 rings (SSSR count). The fourth-order valence-corrected chi connectivity index (χ4v) is 10.7. The second kappa shape index (κ2) is 12.0. The summed E-state index contributed by atoms with van der Waals surface area (Å²) in [6, 6.07) is 40.4. The lowest BCUT2D eigenvalue weighted by Crippen LogP contribution is -2.36. The fourth-order valence-electron chi connectivity index (χ4n) is 10.7. The van der Waals surface area contributed by atoms with Crippen molar-refractivity contribution in [3.05, 3.63) is 166 Å². The number of hydrogen-bond acceptors (Lipinski definition) is 2. The summed E-state index contributed by atoms with van der Waals surface area (Å²) in [4.78, 5) is 6.41. The maximum atomic E-state index is 7.87. The Labute approximate surface area is 319 Å². The molecule has 0 N–H and O–H groups in total. The van der Waals surface area contributed by atoms with Gasteiger partial charge >= 0.3 is 0 Å². The van der Waals surface area contributed by atoms with Gasteiger partial charge in [0.2, 0.25) is 0 Å². The lowest BCUT2D eigenvalue weighted by molar-refractivity contribution is 0.163. The third kappa shape index (κ3) is 4.40. The summed E-state index contributed by atoms with van der Waals surface area (Å²) < 4.78 is 7.80. The van der Waals surface area contributed by atoms with Crippen molar-refractivity contribution in [3.8, 4) is 28.0 Å². The average Bonchev–Trinajstić information content (AvgIpc) is 3.66. The highest BCUT2D eigenvalue weighted by Gasteiger charge is 2.47. The summed E-state index contributed by atoms with van der Waals surface area (Å²) in [5.41, 5.74) is 14.7. The van der Waals surface area contributed by atoms with E-state index in [1.54, 1.807) is 0 Å². The highest BCUT2D eigenvalue weighted by Crippen LogP contribution is 2.61. The molecule has 0 aromatic heterocycles. The smallest absolute Gasteiger partial charge is 0.187 e. The van der Waals surface area contributed by atoms with Crippen LogP contribution in [0.15, 0.2) is 115 Å². The van der Waals surface area contributed by atoms with Gasteiger partial charge < -0.3 is 9.64 Å². The van der Waals surface area contributed by atoms with Gasteiger partial charge in [-0.15, -0.1) is 0 Å². The maximum Gasteiger partial charge on any atom is 0.187 e. The number of rotatable bonds is 5. The monoisotopic (exact) mass is 702 g/mol. The molecular weight excluding hydrogens is 657 g/mol. The number of anilines is 1. The molecule has 1 unspecified atom stereocenters. The molecule has 6 aromatic carbocycles. The molecule has 0 spiro atoms. The highest BCUT2D eigenvalue weighted by atomic mass is 16.5. The lowest BCUT2D eigenvalue weighted by atomic mass is 9.71. The van der Waals surface area contributed by atoms with E-state index in [-0.39, 0.29) is 10.8 Å². The minimum atomic E-state index is -0.853. The molecular formula is C51H46N2O. The largest absolute Gasteiger partial charge is 0.472 e. The predicted molar refractivity (Wildman–Crippen MR) is 224 cm³/mol. The summed E-state index contributed by atoms with van der Waals surface area (Å²) in [5, 5.41) is 2.34. The first-order valence-corrected chi connectivity index (χ1v) is 19.9. The van der Waals surface area contributed by atoms with E-state index >= 15 is 0 Å². The molecule has 1 fully saturated rings. The van der Waals surface area contributed by atoms with Gasteiger partial charge in [-0.3, -0.25) is 0 Å². The van der Waals surface area contributed by atoms with Crippen LogP contribution in [0.4, 0.5) is 11.4 Å². The predicted octanol–water partition coefficient (Wildman–Crippen LogP) is 13.1. The first kappa shape index (κ1) is 33.0. The van der Waals surface area contributed by atoms with E-state index in [4.69, 9.17) is 11.3 Å². The van der Waals surface area contributed by atoms with Crippen molar-refractivity contribution in [2.75, 3.05) is 18.0 Å². The van der Waals surface area contributed by atoms with Gasteiger partial charge in [-0.1, -0.05) is 125 Å². The number of nitrogens with zero attached hydrogens (tertiary/aromatic N) is 2. The van der Waals surface area contributed by atoms with Crippen molar-refractivity contribution in [1.82, 2.24) is 0 Å².